The number of rotatable bonds is 5. The van der Waals surface area contributed by atoms with Crippen LogP contribution in [0.5, 0.6) is 0 Å². The van der Waals surface area contributed by atoms with Crippen LogP contribution in [-0.4, -0.2) is 60.9 Å². The van der Waals surface area contributed by atoms with Gasteiger partial charge in [0.25, 0.3) is 0 Å². The molecule has 0 aromatic rings. The van der Waals surface area contributed by atoms with Crippen molar-refractivity contribution in [1.29, 1.82) is 0 Å². The normalized spacial score (nSPS) is 37.2. The van der Waals surface area contributed by atoms with Gasteiger partial charge in [0.15, 0.2) is 6.17 Å². The molecule has 1 heterocycles. The van der Waals surface area contributed by atoms with Crippen molar-refractivity contribution >= 4 is 15.9 Å². The molecule has 3 N–H and O–H groups in total. The number of halogens is 1. The summed E-state index contributed by atoms with van der Waals surface area (Å²) in [6.45, 7) is 1.44. The summed E-state index contributed by atoms with van der Waals surface area (Å²) in [5.41, 5.74) is 0. The van der Waals surface area contributed by atoms with Gasteiger partial charge >= 0.3 is 0 Å². The molecular formula is C12H20FNO6S. The summed E-state index contributed by atoms with van der Waals surface area (Å²) in [5, 5.41) is 19.1. The quantitative estimate of drug-likeness (QED) is 0.602. The smallest absolute Gasteiger partial charge is 0.236 e. The number of amides is 1. The van der Waals surface area contributed by atoms with Gasteiger partial charge in [0.05, 0.1) is 18.0 Å². The van der Waals surface area contributed by atoms with Crippen LogP contribution in [0.4, 0.5) is 4.39 Å². The molecule has 7 nitrogen and oxygen atoms in total. The molecule has 0 spiro atoms. The van der Waals surface area contributed by atoms with E-state index in [1.807, 2.05) is 4.72 Å². The highest BCUT2D eigenvalue weighted by Crippen LogP contribution is 2.29. The zero-order valence-electron chi connectivity index (χ0n) is 11.6. The van der Waals surface area contributed by atoms with Crippen LogP contribution in [0.25, 0.3) is 0 Å². The topological polar surface area (TPSA) is 113 Å². The van der Waals surface area contributed by atoms with Crippen molar-refractivity contribution in [3.05, 3.63) is 0 Å². The maximum Gasteiger partial charge on any atom is 0.236 e. The van der Waals surface area contributed by atoms with Gasteiger partial charge in [-0.1, -0.05) is 0 Å². The summed E-state index contributed by atoms with van der Waals surface area (Å²) in [4.78, 5) is 11.4. The van der Waals surface area contributed by atoms with Crippen molar-refractivity contribution in [2.45, 2.75) is 56.8 Å². The molecule has 0 bridgehead atoms. The summed E-state index contributed by atoms with van der Waals surface area (Å²) < 4.78 is 44.3. The van der Waals surface area contributed by atoms with E-state index in [1.165, 1.54) is 6.92 Å². The predicted molar refractivity (Wildman–Crippen MR) is 70.5 cm³/mol. The molecule has 1 amide bonds. The van der Waals surface area contributed by atoms with Gasteiger partial charge in [-0.15, -0.1) is 0 Å². The number of carbonyl (C=O) groups is 1. The monoisotopic (exact) mass is 325 g/mol. The number of aliphatic hydroxyl groups excluding tert-OH is 2. The van der Waals surface area contributed by atoms with E-state index >= 15 is 0 Å². The molecule has 9 heteroatoms. The second-order valence-corrected chi connectivity index (χ2v) is 7.50. The van der Waals surface area contributed by atoms with Crippen LogP contribution < -0.4 is 4.72 Å². The van der Waals surface area contributed by atoms with E-state index in [0.29, 0.717) is 12.8 Å². The molecule has 2 fully saturated rings. The summed E-state index contributed by atoms with van der Waals surface area (Å²) in [6.07, 6.45) is -5.58. The largest absolute Gasteiger partial charge is 0.387 e. The van der Waals surface area contributed by atoms with E-state index in [-0.39, 0.29) is 12.3 Å². The van der Waals surface area contributed by atoms with E-state index in [4.69, 9.17) is 4.74 Å². The van der Waals surface area contributed by atoms with Gasteiger partial charge in [-0.2, -0.15) is 0 Å². The number of ether oxygens (including phenoxy) is 1. The third-order valence-corrected chi connectivity index (χ3v) is 5.06. The molecule has 1 saturated heterocycles. The van der Waals surface area contributed by atoms with Gasteiger partial charge < -0.3 is 14.9 Å². The zero-order chi connectivity index (χ0) is 15.8. The average Bonchev–Trinajstić information content (AvgIpc) is 3.23. The van der Waals surface area contributed by atoms with Gasteiger partial charge in [-0.3, -0.25) is 9.52 Å². The van der Waals surface area contributed by atoms with Crippen molar-refractivity contribution in [1.82, 2.24) is 4.72 Å². The predicted octanol–water partition coefficient (Wildman–Crippen LogP) is -0.920. The molecule has 0 aromatic heterocycles. The van der Waals surface area contributed by atoms with Crippen LogP contribution in [0.3, 0.4) is 0 Å². The molecule has 0 aromatic carbocycles. The second kappa shape index (κ2) is 6.15. The maximum absolute atomic E-state index is 13.6. The molecule has 2 rings (SSSR count). The molecule has 3 unspecified atom stereocenters. The summed E-state index contributed by atoms with van der Waals surface area (Å²) in [5.74, 6) is -1.21. The highest BCUT2D eigenvalue weighted by molar-refractivity contribution is 7.90. The van der Waals surface area contributed by atoms with Crippen molar-refractivity contribution in [2.75, 3.05) is 5.75 Å². The first kappa shape index (κ1) is 16.6. The van der Waals surface area contributed by atoms with Crippen LogP contribution in [0.1, 0.15) is 26.2 Å². The van der Waals surface area contributed by atoms with E-state index in [1.54, 1.807) is 0 Å². The first-order valence-corrected chi connectivity index (χ1v) is 8.56. The fraction of sp³-hybridized carbons (Fsp3) is 0.917. The maximum atomic E-state index is 13.6. The lowest BCUT2D eigenvalue weighted by Crippen LogP contribution is -2.55. The van der Waals surface area contributed by atoms with Crippen molar-refractivity contribution in [3.63, 3.8) is 0 Å². The van der Waals surface area contributed by atoms with Crippen LogP contribution in [-0.2, 0) is 19.6 Å². The van der Waals surface area contributed by atoms with Crippen molar-refractivity contribution in [2.24, 2.45) is 5.92 Å². The highest BCUT2D eigenvalue weighted by atomic mass is 32.2. The van der Waals surface area contributed by atoms with Crippen LogP contribution in [0.15, 0.2) is 0 Å². The molecule has 1 aliphatic heterocycles. The Hall–Kier alpha value is -0.770. The Morgan fingerprint density at radius 3 is 2.52 bits per heavy atom. The Labute approximate surface area is 122 Å². The van der Waals surface area contributed by atoms with Gasteiger partial charge in [0, 0.05) is 5.92 Å². The number of aliphatic hydroxyl groups is 2. The Kier molecular flexibility index (Phi) is 4.86. The molecule has 0 radical (unpaired) electrons. The minimum atomic E-state index is -3.83. The van der Waals surface area contributed by atoms with Crippen molar-refractivity contribution < 1.29 is 32.6 Å². The van der Waals surface area contributed by atoms with Crippen LogP contribution in [0.2, 0.25) is 0 Å². The first-order chi connectivity index (χ1) is 9.71. The Bertz CT molecular complexity index is 494. The number of alkyl halides is 1. The van der Waals surface area contributed by atoms with E-state index < -0.39 is 52.3 Å². The van der Waals surface area contributed by atoms with Crippen LogP contribution >= 0.6 is 0 Å². The van der Waals surface area contributed by atoms with E-state index in [2.05, 4.69) is 0 Å². The summed E-state index contributed by atoms with van der Waals surface area (Å²) in [6, 6.07) is 0. The zero-order valence-corrected chi connectivity index (χ0v) is 12.4. The van der Waals surface area contributed by atoms with Crippen molar-refractivity contribution in [3.8, 4) is 0 Å². The number of nitrogens with one attached hydrogen (secondary N) is 1. The Morgan fingerprint density at radius 1 is 1.33 bits per heavy atom. The number of carbonyl (C=O) groups excluding carboxylic acids is 1. The van der Waals surface area contributed by atoms with Gasteiger partial charge in [-0.05, 0) is 26.2 Å². The third-order valence-electron chi connectivity index (χ3n) is 3.78. The molecule has 1 aliphatic carbocycles. The minimum absolute atomic E-state index is 0.161. The SMILES string of the molecule is CC1OC(CCS(=O)(=O)NC(=O)C2CC2)[C@@H](O)C(F)[C@@H]1O. The van der Waals surface area contributed by atoms with Gasteiger partial charge in [-0.25, -0.2) is 12.8 Å². The molecular weight excluding hydrogens is 305 g/mol. The lowest BCUT2D eigenvalue weighted by Gasteiger charge is -2.38. The first-order valence-electron chi connectivity index (χ1n) is 6.91. The van der Waals surface area contributed by atoms with Crippen LogP contribution in [0, 0.1) is 5.92 Å². The molecule has 122 valence electrons. The fourth-order valence-corrected chi connectivity index (χ4v) is 3.36. The minimum Gasteiger partial charge on any atom is -0.387 e. The Balaban J connectivity index is 1.87. The highest BCUT2D eigenvalue weighted by Gasteiger charge is 2.43. The standard InChI is InChI=1S/C12H20FNO6S/c1-6-10(15)9(13)11(16)8(20-6)4-5-21(18,19)14-12(17)7-2-3-7/h6-11,15-16H,2-5H2,1H3,(H,14,17)/t6?,8?,9?,10-,11-/m1/s1. The number of hydrogen-bond acceptors (Lipinski definition) is 6. The summed E-state index contributed by atoms with van der Waals surface area (Å²) >= 11 is 0. The van der Waals surface area contributed by atoms with E-state index in [0.717, 1.165) is 0 Å². The lowest BCUT2D eigenvalue weighted by molar-refractivity contribution is -0.198. The fourth-order valence-electron chi connectivity index (χ4n) is 2.25. The van der Waals surface area contributed by atoms with E-state index in [9.17, 15) is 27.8 Å². The molecule has 5 atom stereocenters. The average molecular weight is 325 g/mol. The second-order valence-electron chi connectivity index (χ2n) is 5.65. The summed E-state index contributed by atoms with van der Waals surface area (Å²) in [7, 11) is -3.83. The van der Waals surface area contributed by atoms with Gasteiger partial charge in [0.1, 0.15) is 12.2 Å². The number of hydrogen-bond donors (Lipinski definition) is 3. The lowest BCUT2D eigenvalue weighted by atomic mass is 9.95. The Morgan fingerprint density at radius 2 is 1.95 bits per heavy atom. The molecule has 21 heavy (non-hydrogen) atoms. The molecule has 1 saturated carbocycles. The van der Waals surface area contributed by atoms with Gasteiger partial charge in [0.2, 0.25) is 15.9 Å². The number of sulfonamides is 1. The third kappa shape index (κ3) is 4.12. The molecule has 2 aliphatic rings.